The Bertz CT molecular complexity index is 1210. The minimum Gasteiger partial charge on any atom is -0.492 e. The molecule has 1 aromatic heterocycles. The number of para-hydroxylation sites is 1. The molecule has 0 N–H and O–H groups in total. The molecule has 32 heavy (non-hydrogen) atoms. The number of aromatic nitrogens is 1. The van der Waals surface area contributed by atoms with Gasteiger partial charge in [0, 0.05) is 18.7 Å². The van der Waals surface area contributed by atoms with E-state index in [9.17, 15) is 4.79 Å². The maximum Gasteiger partial charge on any atom is 0.260 e. The molecule has 0 aliphatic carbocycles. The smallest absolute Gasteiger partial charge is 0.260 e. The summed E-state index contributed by atoms with van der Waals surface area (Å²) in [4.78, 5) is 22.9. The van der Waals surface area contributed by atoms with Crippen molar-refractivity contribution in [1.29, 1.82) is 0 Å². The predicted molar refractivity (Wildman–Crippen MR) is 134 cm³/mol. The van der Waals surface area contributed by atoms with E-state index in [-0.39, 0.29) is 5.91 Å². The van der Waals surface area contributed by atoms with Crippen molar-refractivity contribution in [2.75, 3.05) is 37.7 Å². The Hall–Kier alpha value is -2.96. The Morgan fingerprint density at radius 2 is 1.69 bits per heavy atom. The van der Waals surface area contributed by atoms with E-state index in [1.807, 2.05) is 72.5 Å². The van der Waals surface area contributed by atoms with E-state index in [4.69, 9.17) is 9.72 Å². The van der Waals surface area contributed by atoms with Gasteiger partial charge in [0.25, 0.3) is 5.91 Å². The number of benzene rings is 3. The second-order valence-corrected chi connectivity index (χ2v) is 8.55. The van der Waals surface area contributed by atoms with Crippen LogP contribution < -0.4 is 9.64 Å². The van der Waals surface area contributed by atoms with Gasteiger partial charge in [-0.15, -0.1) is 0 Å². The summed E-state index contributed by atoms with van der Waals surface area (Å²) in [5.74, 6) is 0.736. The van der Waals surface area contributed by atoms with E-state index in [0.717, 1.165) is 46.4 Å². The molecule has 166 valence electrons. The van der Waals surface area contributed by atoms with Gasteiger partial charge in [0.05, 0.1) is 11.3 Å². The van der Waals surface area contributed by atoms with Crippen molar-refractivity contribution in [2.45, 2.75) is 20.8 Å². The average Bonchev–Trinajstić information content (AvgIpc) is 3.26. The van der Waals surface area contributed by atoms with Crippen LogP contribution in [0.2, 0.25) is 0 Å². The number of fused-ring (bicyclic) bond motifs is 2. The third kappa shape index (κ3) is 4.47. The molecule has 3 aromatic carbocycles. The largest absolute Gasteiger partial charge is 0.492 e. The molecule has 0 saturated carbocycles. The van der Waals surface area contributed by atoms with Crippen LogP contribution >= 0.6 is 11.3 Å². The van der Waals surface area contributed by atoms with Gasteiger partial charge in [0.2, 0.25) is 0 Å². The van der Waals surface area contributed by atoms with Crippen LogP contribution in [0.3, 0.4) is 0 Å². The lowest BCUT2D eigenvalue weighted by Gasteiger charge is -2.25. The third-order valence-corrected chi connectivity index (χ3v) is 6.74. The van der Waals surface area contributed by atoms with E-state index in [0.29, 0.717) is 23.8 Å². The molecule has 6 heteroatoms. The standard InChI is InChI=1S/C26H29N3O2S/c1-4-28(5-2)17-18-29(25(30)21-14-9-12-19-11-7-8-13-20(19)21)26-27-24-22(31-6-3)15-10-16-23(24)32-26/h7-16H,4-6,17-18H2,1-3H3. The van der Waals surface area contributed by atoms with E-state index in [1.54, 1.807) is 0 Å². The average molecular weight is 448 g/mol. The van der Waals surface area contributed by atoms with Crippen LogP contribution in [0.25, 0.3) is 21.0 Å². The van der Waals surface area contributed by atoms with Gasteiger partial charge in [-0.2, -0.15) is 0 Å². The molecular weight excluding hydrogens is 418 g/mol. The summed E-state index contributed by atoms with van der Waals surface area (Å²) >= 11 is 1.54. The highest BCUT2D eigenvalue weighted by molar-refractivity contribution is 7.22. The van der Waals surface area contributed by atoms with Gasteiger partial charge in [0.15, 0.2) is 5.13 Å². The zero-order valence-corrected chi connectivity index (χ0v) is 19.7. The highest BCUT2D eigenvalue weighted by Gasteiger charge is 2.24. The lowest BCUT2D eigenvalue weighted by atomic mass is 10.0. The van der Waals surface area contributed by atoms with Gasteiger partial charge in [-0.05, 0) is 49.0 Å². The number of rotatable bonds is 9. The Balaban J connectivity index is 1.77. The molecule has 1 heterocycles. The van der Waals surface area contributed by atoms with Crippen molar-refractivity contribution >= 4 is 43.4 Å². The molecular formula is C26H29N3O2S. The summed E-state index contributed by atoms with van der Waals surface area (Å²) in [6.45, 7) is 10.1. The molecule has 4 aromatic rings. The highest BCUT2D eigenvalue weighted by Crippen LogP contribution is 2.35. The van der Waals surface area contributed by atoms with Gasteiger partial charge in [-0.3, -0.25) is 9.69 Å². The van der Waals surface area contributed by atoms with Gasteiger partial charge < -0.3 is 9.64 Å². The Morgan fingerprint density at radius 3 is 2.47 bits per heavy atom. The fourth-order valence-electron chi connectivity index (χ4n) is 3.92. The maximum absolute atomic E-state index is 13.9. The number of carbonyl (C=O) groups excluding carboxylic acids is 1. The number of anilines is 1. The number of hydrogen-bond donors (Lipinski definition) is 0. The monoisotopic (exact) mass is 447 g/mol. The van der Waals surface area contributed by atoms with Crippen molar-refractivity contribution < 1.29 is 9.53 Å². The van der Waals surface area contributed by atoms with Crippen LogP contribution in [-0.4, -0.2) is 48.6 Å². The second-order valence-electron chi connectivity index (χ2n) is 7.54. The first-order valence-corrected chi connectivity index (χ1v) is 12.0. The summed E-state index contributed by atoms with van der Waals surface area (Å²) in [7, 11) is 0. The van der Waals surface area contributed by atoms with Gasteiger partial charge >= 0.3 is 0 Å². The maximum atomic E-state index is 13.9. The number of thiazole rings is 1. The Labute approximate surface area is 193 Å². The molecule has 0 saturated heterocycles. The minimum atomic E-state index is -0.0222. The predicted octanol–water partition coefficient (Wildman–Crippen LogP) is 5.84. The number of carbonyl (C=O) groups is 1. The summed E-state index contributed by atoms with van der Waals surface area (Å²) in [5, 5.41) is 2.73. The first-order chi connectivity index (χ1) is 15.7. The molecule has 0 aliphatic rings. The van der Waals surface area contributed by atoms with E-state index >= 15 is 0 Å². The van der Waals surface area contributed by atoms with Crippen molar-refractivity contribution in [3.63, 3.8) is 0 Å². The number of ether oxygens (including phenoxy) is 1. The fourth-order valence-corrected chi connectivity index (χ4v) is 4.93. The fraction of sp³-hybridized carbons (Fsp3) is 0.308. The van der Waals surface area contributed by atoms with Gasteiger partial charge in [-0.1, -0.05) is 67.6 Å². The molecule has 0 fully saturated rings. The summed E-state index contributed by atoms with van der Waals surface area (Å²) in [6, 6.07) is 19.9. The third-order valence-electron chi connectivity index (χ3n) is 5.70. The topological polar surface area (TPSA) is 45.7 Å². The number of hydrogen-bond acceptors (Lipinski definition) is 5. The molecule has 1 amide bonds. The first-order valence-electron chi connectivity index (χ1n) is 11.2. The summed E-state index contributed by atoms with van der Waals surface area (Å²) in [5.41, 5.74) is 1.51. The van der Waals surface area contributed by atoms with Crippen molar-refractivity contribution in [2.24, 2.45) is 0 Å². The molecule has 0 spiro atoms. The summed E-state index contributed by atoms with van der Waals surface area (Å²) < 4.78 is 6.80. The molecule has 5 nitrogen and oxygen atoms in total. The molecule has 0 aliphatic heterocycles. The molecule has 0 bridgehead atoms. The Morgan fingerprint density at radius 1 is 0.938 bits per heavy atom. The molecule has 4 rings (SSSR count). The van der Waals surface area contributed by atoms with Crippen LogP contribution in [0.1, 0.15) is 31.1 Å². The van der Waals surface area contributed by atoms with Crippen LogP contribution in [0.5, 0.6) is 5.75 Å². The van der Waals surface area contributed by atoms with Crippen LogP contribution in [0, 0.1) is 0 Å². The second kappa shape index (κ2) is 10.1. The van der Waals surface area contributed by atoms with Crippen LogP contribution in [-0.2, 0) is 0 Å². The quantitative estimate of drug-likeness (QED) is 0.323. The lowest BCUT2D eigenvalue weighted by molar-refractivity contribution is 0.0985. The van der Waals surface area contributed by atoms with Crippen LogP contribution in [0.4, 0.5) is 5.13 Å². The van der Waals surface area contributed by atoms with Gasteiger partial charge in [0.1, 0.15) is 11.3 Å². The molecule has 0 radical (unpaired) electrons. The zero-order chi connectivity index (χ0) is 22.5. The SMILES string of the molecule is CCOc1cccc2sc(N(CCN(CC)CC)C(=O)c3cccc4ccccc34)nc12. The van der Waals surface area contributed by atoms with Crippen molar-refractivity contribution in [1.82, 2.24) is 9.88 Å². The van der Waals surface area contributed by atoms with E-state index < -0.39 is 0 Å². The Kier molecular flexibility index (Phi) is 7.02. The first kappa shape index (κ1) is 22.2. The number of likely N-dealkylation sites (N-methyl/N-ethyl adjacent to an activating group) is 1. The van der Waals surface area contributed by atoms with Crippen molar-refractivity contribution in [3.8, 4) is 5.75 Å². The number of amides is 1. The zero-order valence-electron chi connectivity index (χ0n) is 18.9. The van der Waals surface area contributed by atoms with Crippen molar-refractivity contribution in [3.05, 3.63) is 66.2 Å². The van der Waals surface area contributed by atoms with Gasteiger partial charge in [-0.25, -0.2) is 4.98 Å². The van der Waals surface area contributed by atoms with Crippen LogP contribution in [0.15, 0.2) is 60.7 Å². The minimum absolute atomic E-state index is 0.0222. The number of nitrogens with zero attached hydrogens (tertiary/aromatic N) is 3. The highest BCUT2D eigenvalue weighted by atomic mass is 32.1. The molecule has 0 unspecified atom stereocenters. The lowest BCUT2D eigenvalue weighted by Crippen LogP contribution is -2.39. The summed E-state index contributed by atoms with van der Waals surface area (Å²) in [6.07, 6.45) is 0. The normalized spacial score (nSPS) is 11.4. The van der Waals surface area contributed by atoms with E-state index in [1.165, 1.54) is 11.3 Å². The molecule has 0 atom stereocenters. The van der Waals surface area contributed by atoms with E-state index in [2.05, 4.69) is 18.7 Å².